The Bertz CT molecular complexity index is 557. The van der Waals surface area contributed by atoms with Crippen LogP contribution in [0.3, 0.4) is 0 Å². The lowest BCUT2D eigenvalue weighted by molar-refractivity contribution is -0.385. The number of nitrogens with one attached hydrogen (secondary N) is 1. The number of hydrogen-bond donors (Lipinski definition) is 1. The van der Waals surface area contributed by atoms with Crippen LogP contribution in [0.5, 0.6) is 0 Å². The molecule has 0 saturated carbocycles. The van der Waals surface area contributed by atoms with Crippen molar-refractivity contribution in [1.82, 2.24) is 9.97 Å². The number of pyridine rings is 2. The summed E-state index contributed by atoms with van der Waals surface area (Å²) >= 11 is 0. The molecule has 0 unspecified atom stereocenters. The molecule has 0 spiro atoms. The summed E-state index contributed by atoms with van der Waals surface area (Å²) in [5.41, 5.74) is 1.35. The van der Waals surface area contributed by atoms with Crippen LogP contribution >= 0.6 is 0 Å². The number of nitro groups is 1. The van der Waals surface area contributed by atoms with Gasteiger partial charge in [-0.2, -0.15) is 0 Å². The average Bonchev–Trinajstić information content (AvgIpc) is 2.39. The SMILES string of the molecule is CNc1ccc([N+](=O)[O-])c(Cc2cccnc2)n1. The lowest BCUT2D eigenvalue weighted by Gasteiger charge is -2.05. The molecule has 0 fully saturated rings. The van der Waals surface area contributed by atoms with Gasteiger partial charge in [0.1, 0.15) is 11.5 Å². The van der Waals surface area contributed by atoms with Gasteiger partial charge in [-0.05, 0) is 17.7 Å². The molecular formula is C12H12N4O2. The molecule has 0 radical (unpaired) electrons. The Morgan fingerprint density at radius 1 is 1.39 bits per heavy atom. The van der Waals surface area contributed by atoms with E-state index in [2.05, 4.69) is 15.3 Å². The van der Waals surface area contributed by atoms with Gasteiger partial charge in [0.25, 0.3) is 5.69 Å². The van der Waals surface area contributed by atoms with Crippen molar-refractivity contribution in [3.8, 4) is 0 Å². The van der Waals surface area contributed by atoms with Gasteiger partial charge in [-0.15, -0.1) is 0 Å². The van der Waals surface area contributed by atoms with E-state index in [0.717, 1.165) is 5.56 Å². The topological polar surface area (TPSA) is 81.0 Å². The normalized spacial score (nSPS) is 10.1. The number of rotatable bonds is 4. The highest BCUT2D eigenvalue weighted by atomic mass is 16.6. The van der Waals surface area contributed by atoms with Gasteiger partial charge in [0.2, 0.25) is 0 Å². The first-order valence-electron chi connectivity index (χ1n) is 5.41. The first kappa shape index (κ1) is 12.0. The van der Waals surface area contributed by atoms with E-state index >= 15 is 0 Å². The van der Waals surface area contributed by atoms with Crippen molar-refractivity contribution in [2.24, 2.45) is 0 Å². The maximum absolute atomic E-state index is 10.9. The minimum Gasteiger partial charge on any atom is -0.373 e. The molecule has 6 heteroatoms. The van der Waals surface area contributed by atoms with Gasteiger partial charge < -0.3 is 5.32 Å². The van der Waals surface area contributed by atoms with Crippen molar-refractivity contribution in [1.29, 1.82) is 0 Å². The molecule has 0 saturated heterocycles. The molecule has 2 rings (SSSR count). The maximum Gasteiger partial charge on any atom is 0.291 e. The lowest BCUT2D eigenvalue weighted by Crippen LogP contribution is -2.02. The van der Waals surface area contributed by atoms with Crippen LogP contribution < -0.4 is 5.32 Å². The van der Waals surface area contributed by atoms with Crippen LogP contribution in [-0.4, -0.2) is 21.9 Å². The Kier molecular flexibility index (Phi) is 3.47. The van der Waals surface area contributed by atoms with Crippen LogP contribution in [0.2, 0.25) is 0 Å². The van der Waals surface area contributed by atoms with E-state index in [0.29, 0.717) is 17.9 Å². The summed E-state index contributed by atoms with van der Waals surface area (Å²) in [5, 5.41) is 13.8. The minimum atomic E-state index is -0.419. The maximum atomic E-state index is 10.9. The van der Waals surface area contributed by atoms with Crippen molar-refractivity contribution in [2.45, 2.75) is 6.42 Å². The van der Waals surface area contributed by atoms with Crippen molar-refractivity contribution >= 4 is 11.5 Å². The van der Waals surface area contributed by atoms with Crippen LogP contribution in [0.4, 0.5) is 11.5 Å². The number of anilines is 1. The van der Waals surface area contributed by atoms with Gasteiger partial charge in [-0.25, -0.2) is 4.98 Å². The first-order valence-corrected chi connectivity index (χ1v) is 5.41. The third kappa shape index (κ3) is 2.60. The minimum absolute atomic E-state index is 0.0258. The smallest absolute Gasteiger partial charge is 0.291 e. The van der Waals surface area contributed by atoms with Gasteiger partial charge in [-0.1, -0.05) is 6.07 Å². The van der Waals surface area contributed by atoms with E-state index in [1.807, 2.05) is 6.07 Å². The van der Waals surface area contributed by atoms with E-state index < -0.39 is 4.92 Å². The molecule has 2 aromatic heterocycles. The molecule has 2 heterocycles. The molecule has 0 aliphatic heterocycles. The van der Waals surface area contributed by atoms with E-state index in [-0.39, 0.29) is 5.69 Å². The van der Waals surface area contributed by atoms with Gasteiger partial charge in [-0.3, -0.25) is 15.1 Å². The molecule has 92 valence electrons. The number of aromatic nitrogens is 2. The summed E-state index contributed by atoms with van der Waals surface area (Å²) in [7, 11) is 1.72. The molecule has 18 heavy (non-hydrogen) atoms. The largest absolute Gasteiger partial charge is 0.373 e. The van der Waals surface area contributed by atoms with Crippen LogP contribution in [0.25, 0.3) is 0 Å². The van der Waals surface area contributed by atoms with Gasteiger partial charge in [0.15, 0.2) is 0 Å². The average molecular weight is 244 g/mol. The highest BCUT2D eigenvalue weighted by Gasteiger charge is 2.16. The first-order chi connectivity index (χ1) is 8.70. The highest BCUT2D eigenvalue weighted by Crippen LogP contribution is 2.21. The van der Waals surface area contributed by atoms with E-state index in [4.69, 9.17) is 0 Å². The Morgan fingerprint density at radius 3 is 2.83 bits per heavy atom. The zero-order valence-corrected chi connectivity index (χ0v) is 9.83. The van der Waals surface area contributed by atoms with Crippen molar-refractivity contribution in [3.63, 3.8) is 0 Å². The molecule has 0 aromatic carbocycles. The Balaban J connectivity index is 2.38. The molecule has 0 bridgehead atoms. The van der Waals surface area contributed by atoms with Crippen LogP contribution in [0, 0.1) is 10.1 Å². The van der Waals surface area contributed by atoms with Gasteiger partial charge in [0, 0.05) is 31.9 Å². The third-order valence-electron chi connectivity index (χ3n) is 2.50. The zero-order valence-electron chi connectivity index (χ0n) is 9.83. The predicted octanol–water partition coefficient (Wildman–Crippen LogP) is 2.02. The fourth-order valence-electron chi connectivity index (χ4n) is 1.63. The molecule has 2 aromatic rings. The molecule has 1 N–H and O–H groups in total. The molecule has 0 aliphatic carbocycles. The predicted molar refractivity (Wildman–Crippen MR) is 67.5 cm³/mol. The standard InChI is InChI=1S/C12H12N4O2/c1-13-12-5-4-11(16(17)18)10(15-12)7-9-3-2-6-14-8-9/h2-6,8H,7H2,1H3,(H,13,15). The van der Waals surface area contributed by atoms with E-state index in [1.54, 1.807) is 31.6 Å². The summed E-state index contributed by atoms with van der Waals surface area (Å²) in [6.07, 6.45) is 3.73. The Morgan fingerprint density at radius 2 is 2.22 bits per heavy atom. The number of nitrogens with zero attached hydrogens (tertiary/aromatic N) is 3. The Labute approximate surface area is 104 Å². The quantitative estimate of drug-likeness (QED) is 0.657. The molecule has 6 nitrogen and oxygen atoms in total. The van der Waals surface area contributed by atoms with E-state index in [9.17, 15) is 10.1 Å². The highest BCUT2D eigenvalue weighted by molar-refractivity contribution is 5.46. The summed E-state index contributed by atoms with van der Waals surface area (Å²) < 4.78 is 0. The second-order valence-corrected chi connectivity index (χ2v) is 3.71. The summed E-state index contributed by atoms with van der Waals surface area (Å²) in [5.74, 6) is 0.611. The molecule has 0 atom stereocenters. The number of hydrogen-bond acceptors (Lipinski definition) is 5. The second-order valence-electron chi connectivity index (χ2n) is 3.71. The van der Waals surface area contributed by atoms with Crippen molar-refractivity contribution in [3.05, 3.63) is 58.0 Å². The second kappa shape index (κ2) is 5.22. The fourth-order valence-corrected chi connectivity index (χ4v) is 1.63. The lowest BCUT2D eigenvalue weighted by atomic mass is 10.1. The van der Waals surface area contributed by atoms with Crippen LogP contribution in [-0.2, 0) is 6.42 Å². The van der Waals surface area contributed by atoms with Gasteiger partial charge in [0.05, 0.1) is 4.92 Å². The fraction of sp³-hybridized carbons (Fsp3) is 0.167. The van der Waals surface area contributed by atoms with Crippen molar-refractivity contribution < 1.29 is 4.92 Å². The molecule has 0 aliphatic rings. The molecule has 0 amide bonds. The Hall–Kier alpha value is -2.50. The van der Waals surface area contributed by atoms with Crippen LogP contribution in [0.1, 0.15) is 11.3 Å². The molecular weight excluding hydrogens is 232 g/mol. The summed E-state index contributed by atoms with van der Waals surface area (Å²) in [4.78, 5) is 18.7. The zero-order chi connectivity index (χ0) is 13.0. The third-order valence-corrected chi connectivity index (χ3v) is 2.50. The monoisotopic (exact) mass is 244 g/mol. The van der Waals surface area contributed by atoms with Gasteiger partial charge >= 0.3 is 0 Å². The summed E-state index contributed by atoms with van der Waals surface area (Å²) in [6.45, 7) is 0. The van der Waals surface area contributed by atoms with Crippen LogP contribution in [0.15, 0.2) is 36.7 Å². The summed E-state index contributed by atoms with van der Waals surface area (Å²) in [6, 6.07) is 6.71. The van der Waals surface area contributed by atoms with Crippen molar-refractivity contribution in [2.75, 3.05) is 12.4 Å². The van der Waals surface area contributed by atoms with E-state index in [1.165, 1.54) is 6.07 Å².